The second-order valence-electron chi connectivity index (χ2n) is 22.7. The number of rotatable bonds is 4. The Balaban J connectivity index is 0.865. The Bertz CT molecular complexity index is 4750. The molecular formula is C76H52. The smallest absolute Gasteiger partial charge is 0.0159 e. The average Bonchev–Trinajstić information content (AvgIpc) is 3.93. The lowest BCUT2D eigenvalue weighted by atomic mass is 9.66. The van der Waals surface area contributed by atoms with E-state index in [1.807, 2.05) is 0 Å². The van der Waals surface area contributed by atoms with Crippen molar-refractivity contribution < 1.29 is 0 Å². The summed E-state index contributed by atoms with van der Waals surface area (Å²) >= 11 is 0. The zero-order chi connectivity index (χ0) is 50.6. The molecule has 0 N–H and O–H groups in total. The van der Waals surface area contributed by atoms with Gasteiger partial charge in [0.25, 0.3) is 0 Å². The molecule has 0 aromatic heterocycles. The van der Waals surface area contributed by atoms with Crippen LogP contribution in [0.3, 0.4) is 0 Å². The molecule has 356 valence electrons. The highest BCUT2D eigenvalue weighted by atomic mass is 14.4. The highest BCUT2D eigenvalue weighted by Gasteiger charge is 2.41. The van der Waals surface area contributed by atoms with Gasteiger partial charge in [-0.05, 0) is 195 Å². The van der Waals surface area contributed by atoms with Crippen molar-refractivity contribution in [2.24, 2.45) is 0 Å². The summed E-state index contributed by atoms with van der Waals surface area (Å²) in [5.74, 6) is 0. The Morgan fingerprint density at radius 2 is 0.553 bits per heavy atom. The van der Waals surface area contributed by atoms with Gasteiger partial charge in [-0.25, -0.2) is 0 Å². The Morgan fingerprint density at radius 3 is 1.00 bits per heavy atom. The van der Waals surface area contributed by atoms with Crippen LogP contribution in [-0.2, 0) is 10.8 Å². The summed E-state index contributed by atoms with van der Waals surface area (Å²) in [4.78, 5) is 0. The first kappa shape index (κ1) is 43.3. The van der Waals surface area contributed by atoms with E-state index in [9.17, 15) is 0 Å². The predicted molar refractivity (Wildman–Crippen MR) is 326 cm³/mol. The molecular weight excluding hydrogens is 913 g/mol. The second-order valence-corrected chi connectivity index (χ2v) is 22.7. The highest BCUT2D eigenvalue weighted by Crippen LogP contribution is 2.59. The first-order chi connectivity index (χ1) is 37.2. The van der Waals surface area contributed by atoms with E-state index >= 15 is 0 Å². The monoisotopic (exact) mass is 964 g/mol. The summed E-state index contributed by atoms with van der Waals surface area (Å²) in [5.41, 5.74) is 20.6. The van der Waals surface area contributed by atoms with Gasteiger partial charge < -0.3 is 0 Å². The summed E-state index contributed by atoms with van der Waals surface area (Å²) in [5, 5.41) is 18.0. The third-order valence-corrected chi connectivity index (χ3v) is 18.0. The minimum absolute atomic E-state index is 0.254. The summed E-state index contributed by atoms with van der Waals surface area (Å²) in [6.07, 6.45) is 0. The van der Waals surface area contributed by atoms with E-state index in [0.717, 1.165) is 0 Å². The maximum atomic E-state index is 2.58. The first-order valence-corrected chi connectivity index (χ1v) is 27.0. The van der Waals surface area contributed by atoms with Crippen LogP contribution >= 0.6 is 0 Å². The van der Waals surface area contributed by atoms with Crippen LogP contribution < -0.4 is 0 Å². The zero-order valence-electron chi connectivity index (χ0n) is 43.1. The van der Waals surface area contributed by atoms with Crippen LogP contribution in [0.2, 0.25) is 0 Å². The quantitative estimate of drug-likeness (QED) is 0.154. The molecule has 0 nitrogen and oxygen atoms in total. The molecule has 0 aliphatic heterocycles. The van der Waals surface area contributed by atoms with E-state index in [0.29, 0.717) is 0 Å². The van der Waals surface area contributed by atoms with Gasteiger partial charge in [-0.2, -0.15) is 0 Å². The van der Waals surface area contributed by atoms with Gasteiger partial charge in [0.05, 0.1) is 0 Å². The zero-order valence-corrected chi connectivity index (χ0v) is 43.1. The van der Waals surface area contributed by atoms with E-state index in [2.05, 4.69) is 270 Å². The molecule has 0 radical (unpaired) electrons. The van der Waals surface area contributed by atoms with Crippen LogP contribution in [-0.4, -0.2) is 0 Å². The van der Waals surface area contributed by atoms with E-state index in [-0.39, 0.29) is 10.8 Å². The fourth-order valence-electron chi connectivity index (χ4n) is 14.4. The van der Waals surface area contributed by atoms with E-state index in [4.69, 9.17) is 0 Å². The molecule has 0 amide bonds. The van der Waals surface area contributed by atoms with E-state index < -0.39 is 0 Å². The molecule has 0 atom stereocenters. The highest BCUT2D eigenvalue weighted by molar-refractivity contribution is 6.24. The van der Waals surface area contributed by atoms with Crippen molar-refractivity contribution in [3.8, 4) is 66.8 Å². The maximum Gasteiger partial charge on any atom is 0.0159 e. The minimum atomic E-state index is -0.259. The molecule has 14 aromatic carbocycles. The van der Waals surface area contributed by atoms with Crippen LogP contribution in [0.5, 0.6) is 0 Å². The van der Waals surface area contributed by atoms with Crippen molar-refractivity contribution in [2.75, 3.05) is 0 Å². The van der Waals surface area contributed by atoms with Gasteiger partial charge in [-0.3, -0.25) is 0 Å². The van der Waals surface area contributed by atoms with Crippen LogP contribution in [0, 0.1) is 0 Å². The fraction of sp³-hybridized carbons (Fsp3) is 0.0789. The number of benzene rings is 14. The first-order valence-electron chi connectivity index (χ1n) is 27.0. The number of fused-ring (bicyclic) bond motifs is 12. The standard InChI is InChI=1S/C76H52/c1-75(2)65-31-17-30-63-73-62-39-37-52(72-60-28-15-11-24-56(60)70(57-25-12-16-29-61(57)72)50-35-33-46-19-6-8-21-48(46)41-50)43-67(62)76(3,4)68(73)44-64(74(63)65)53-38-36-51(42-66(53)75)71-58-26-13-9-22-54(58)69(55-23-10-14-27-59(55)71)49-34-32-45-18-5-7-20-47(45)40-49/h5-44H,1-4H3. The lowest BCUT2D eigenvalue weighted by Gasteiger charge is -2.36. The van der Waals surface area contributed by atoms with Crippen LogP contribution in [0.4, 0.5) is 0 Å². The summed E-state index contributed by atoms with van der Waals surface area (Å²) in [7, 11) is 0. The van der Waals surface area contributed by atoms with Gasteiger partial charge in [0.1, 0.15) is 0 Å². The molecule has 0 fully saturated rings. The largest absolute Gasteiger partial charge is 0.0616 e. The van der Waals surface area contributed by atoms with E-state index in [1.165, 1.54) is 164 Å². The molecule has 2 aliphatic rings. The third kappa shape index (κ3) is 5.96. The molecule has 0 bridgehead atoms. The van der Waals surface area contributed by atoms with Gasteiger partial charge in [0.2, 0.25) is 0 Å². The summed E-state index contributed by atoms with van der Waals surface area (Å²) in [6, 6.07) is 92.1. The topological polar surface area (TPSA) is 0 Å². The molecule has 0 heterocycles. The molecule has 2 aliphatic carbocycles. The van der Waals surface area contributed by atoms with Crippen LogP contribution in [0.15, 0.2) is 243 Å². The summed E-state index contributed by atoms with van der Waals surface area (Å²) < 4.78 is 0. The van der Waals surface area contributed by atoms with E-state index in [1.54, 1.807) is 0 Å². The van der Waals surface area contributed by atoms with Crippen molar-refractivity contribution in [3.63, 3.8) is 0 Å². The molecule has 16 rings (SSSR count). The molecule has 0 spiro atoms. The lowest BCUT2D eigenvalue weighted by molar-refractivity contribution is 0.644. The minimum Gasteiger partial charge on any atom is -0.0616 e. The summed E-state index contributed by atoms with van der Waals surface area (Å²) in [6.45, 7) is 9.81. The Hall–Kier alpha value is -9.10. The molecule has 0 saturated heterocycles. The normalized spacial score (nSPS) is 14.0. The molecule has 0 saturated carbocycles. The van der Waals surface area contributed by atoms with Gasteiger partial charge >= 0.3 is 0 Å². The molecule has 0 heteroatoms. The third-order valence-electron chi connectivity index (χ3n) is 18.0. The van der Waals surface area contributed by atoms with Gasteiger partial charge in [0, 0.05) is 10.8 Å². The van der Waals surface area contributed by atoms with Crippen LogP contribution in [0.1, 0.15) is 49.9 Å². The Kier molecular flexibility index (Phi) is 8.96. The lowest BCUT2D eigenvalue weighted by Crippen LogP contribution is -2.24. The van der Waals surface area contributed by atoms with Crippen molar-refractivity contribution in [2.45, 2.75) is 38.5 Å². The molecule has 76 heavy (non-hydrogen) atoms. The van der Waals surface area contributed by atoms with Crippen molar-refractivity contribution in [3.05, 3.63) is 265 Å². The number of hydrogen-bond donors (Lipinski definition) is 0. The second kappa shape index (κ2) is 15.7. The fourth-order valence-corrected chi connectivity index (χ4v) is 14.4. The predicted octanol–water partition coefficient (Wildman–Crippen LogP) is 21.0. The Labute approximate surface area is 443 Å². The molecule has 14 aromatic rings. The van der Waals surface area contributed by atoms with Gasteiger partial charge in [0.15, 0.2) is 0 Å². The average molecular weight is 965 g/mol. The molecule has 0 unspecified atom stereocenters. The number of hydrogen-bond acceptors (Lipinski definition) is 0. The SMILES string of the molecule is CC1(C)c2cc(-c3c4ccccc4c(-c4ccc5ccccc5c4)c4ccccc34)ccc2-c2c1cc1c3c(cccc23)C(C)(C)c2cc(-c3c4ccccc4c(-c4ccc5ccccc5c4)c4ccccc34)ccc2-1. The Morgan fingerprint density at radius 1 is 0.211 bits per heavy atom. The maximum absolute atomic E-state index is 2.58. The van der Waals surface area contributed by atoms with Gasteiger partial charge in [-0.15, -0.1) is 0 Å². The van der Waals surface area contributed by atoms with Crippen molar-refractivity contribution in [1.29, 1.82) is 0 Å². The van der Waals surface area contributed by atoms with Crippen molar-refractivity contribution in [1.82, 2.24) is 0 Å². The van der Waals surface area contributed by atoms with Crippen molar-refractivity contribution >= 4 is 75.4 Å². The van der Waals surface area contributed by atoms with Crippen LogP contribution in [0.25, 0.3) is 142 Å². The van der Waals surface area contributed by atoms with Gasteiger partial charge in [-0.1, -0.05) is 240 Å².